The lowest BCUT2D eigenvalue weighted by atomic mass is 10.2. The number of hydrogen-bond donors (Lipinski definition) is 3. The minimum Gasteiger partial charge on any atom is -0.491 e. The second kappa shape index (κ2) is 50.3. The lowest BCUT2D eigenvalue weighted by Crippen LogP contribution is -2.39. The van der Waals surface area contributed by atoms with E-state index >= 15 is 0 Å². The second-order valence-corrected chi connectivity index (χ2v) is 18.1. The summed E-state index contributed by atoms with van der Waals surface area (Å²) in [5.41, 5.74) is 0.656. The van der Waals surface area contributed by atoms with Gasteiger partial charge in [0.25, 0.3) is 10.1 Å². The highest BCUT2D eigenvalue weighted by Crippen LogP contribution is 2.18. The molecule has 23 nitrogen and oxygen atoms in total. The molecule has 3 N–H and O–H groups in total. The fourth-order valence-corrected chi connectivity index (χ4v) is 7.53. The number of benzene rings is 1. The number of aryl methyl sites for hydroxylation is 1. The van der Waals surface area contributed by atoms with Crippen molar-refractivity contribution in [1.29, 1.82) is 0 Å². The van der Waals surface area contributed by atoms with Crippen molar-refractivity contribution in [2.75, 3.05) is 173 Å². The van der Waals surface area contributed by atoms with E-state index in [0.717, 1.165) is 104 Å². The number of likely N-dealkylation sites (N-methyl/N-ethyl adjacent to an activating group) is 6. The Kier molecular flexibility index (Phi) is 51.0. The van der Waals surface area contributed by atoms with Crippen LogP contribution in [0.4, 0.5) is 0 Å². The third-order valence-electron chi connectivity index (χ3n) is 11.1. The predicted octanol–water partition coefficient (Wildman–Crippen LogP) is 6.14. The first kappa shape index (κ1) is 82.1. The summed E-state index contributed by atoms with van der Waals surface area (Å²) < 4.78 is 69.7. The largest absolute Gasteiger partial charge is 0.491 e. The number of methoxy groups -OCH3 is 4. The molecular formula is C57H104N8O15S. The third kappa shape index (κ3) is 35.9. The fraction of sp³-hybridized carbons (Fsp3) is 0.649. The number of nitrogens with zero attached hydrogens (tertiary/aromatic N) is 5. The van der Waals surface area contributed by atoms with Crippen LogP contribution in [-0.2, 0) is 42.7 Å². The maximum absolute atomic E-state index is 12.1. The standard InChI is InChI=1S/C23H40N4O6.C20H23NO9S.C10H25N3.4CH4/c1-6-24-9-10-26(7-2)11-12-27(8-3)13-14-32-15-16-33-19-17-20(22(28)30-4)25-21(18-19)23(29)31-5;1-14-4-6-16(7-5-14)31(24,25)30-11-9-28-8-10-29-15-12-17(19(22)26-2)21-18(13-15)20(23)27-3;1-4-11-7-9-13(6-3)10-8-12-5-2;;;;/h17-18,24H,6-16H2,1-5H3;4-7,12-13H,8-11H2,1-3H3;11-12H,4-10H2,1-3H3;4*1H4. The number of carbonyl (C=O) groups excluding carboxylic acids is 4. The summed E-state index contributed by atoms with van der Waals surface area (Å²) in [7, 11) is 1.00. The van der Waals surface area contributed by atoms with Gasteiger partial charge in [-0.3, -0.25) is 4.18 Å². The van der Waals surface area contributed by atoms with E-state index in [2.05, 4.69) is 101 Å². The molecule has 2 heterocycles. The quantitative estimate of drug-likeness (QED) is 0.0252. The van der Waals surface area contributed by atoms with Crippen molar-refractivity contribution in [1.82, 2.24) is 40.6 Å². The van der Waals surface area contributed by atoms with Crippen LogP contribution in [0.2, 0.25) is 0 Å². The van der Waals surface area contributed by atoms with Gasteiger partial charge in [0.05, 0.1) is 66.4 Å². The average molecular weight is 1170 g/mol. The molecule has 2 aromatic heterocycles. The highest BCUT2D eigenvalue weighted by Gasteiger charge is 2.19. The molecule has 24 heteroatoms. The molecule has 0 saturated heterocycles. The SMILES string of the molecule is C.C.C.C.CCNCCN(CC)CCN(CC)CCOCCOc1cc(C(=O)OC)nc(C(=O)OC)c1.CCNCCN(CC)CCNCC.COC(=O)c1cc(OCCOCCOS(=O)(=O)c2ccc(C)cc2)cc(C(=O)OC)n1. The van der Waals surface area contributed by atoms with Gasteiger partial charge in [-0.1, -0.05) is 88.9 Å². The number of hydrogen-bond acceptors (Lipinski definition) is 23. The van der Waals surface area contributed by atoms with Crippen molar-refractivity contribution in [2.24, 2.45) is 0 Å². The molecule has 0 radical (unpaired) electrons. The van der Waals surface area contributed by atoms with Crippen molar-refractivity contribution in [3.8, 4) is 11.5 Å². The summed E-state index contributed by atoms with van der Waals surface area (Å²) >= 11 is 0. The summed E-state index contributed by atoms with van der Waals surface area (Å²) in [5.74, 6) is -2.29. The van der Waals surface area contributed by atoms with E-state index in [4.69, 9.17) is 23.1 Å². The molecule has 1 aromatic carbocycles. The van der Waals surface area contributed by atoms with Gasteiger partial charge in [0.15, 0.2) is 22.8 Å². The lowest BCUT2D eigenvalue weighted by Gasteiger charge is -2.26. The molecule has 0 spiro atoms. The van der Waals surface area contributed by atoms with Crippen LogP contribution in [-0.4, -0.2) is 230 Å². The molecule has 0 fully saturated rings. The zero-order valence-corrected chi connectivity index (χ0v) is 48.3. The van der Waals surface area contributed by atoms with Gasteiger partial charge in [0.1, 0.15) is 24.7 Å². The van der Waals surface area contributed by atoms with E-state index in [1.54, 1.807) is 12.1 Å². The normalized spacial score (nSPS) is 10.5. The zero-order valence-electron chi connectivity index (χ0n) is 47.4. The van der Waals surface area contributed by atoms with Crippen LogP contribution in [0.1, 0.15) is 119 Å². The summed E-state index contributed by atoms with van der Waals surface area (Å²) in [6, 6.07) is 11.8. The molecule has 0 saturated carbocycles. The number of esters is 4. The first-order chi connectivity index (χ1) is 37.1. The van der Waals surface area contributed by atoms with Gasteiger partial charge >= 0.3 is 23.9 Å². The highest BCUT2D eigenvalue weighted by molar-refractivity contribution is 7.86. The van der Waals surface area contributed by atoms with Gasteiger partial charge < -0.3 is 68.5 Å². The highest BCUT2D eigenvalue weighted by atomic mass is 32.2. The summed E-state index contributed by atoms with van der Waals surface area (Å²) in [5, 5.41) is 10.0. The van der Waals surface area contributed by atoms with E-state index in [1.165, 1.54) is 64.8 Å². The summed E-state index contributed by atoms with van der Waals surface area (Å²) in [4.78, 5) is 62.1. The molecule has 0 atom stereocenters. The first-order valence-corrected chi connectivity index (χ1v) is 27.5. The molecule has 0 aliphatic heterocycles. The molecule has 3 rings (SSSR count). The van der Waals surface area contributed by atoms with Gasteiger partial charge in [-0.2, -0.15) is 8.42 Å². The first-order valence-electron chi connectivity index (χ1n) is 26.1. The number of ether oxygens (including phenoxy) is 8. The van der Waals surface area contributed by atoms with Gasteiger partial charge in [-0.25, -0.2) is 29.1 Å². The Morgan fingerprint density at radius 3 is 1.11 bits per heavy atom. The Morgan fingerprint density at radius 1 is 0.457 bits per heavy atom. The molecule has 3 aromatic rings. The van der Waals surface area contributed by atoms with Crippen molar-refractivity contribution in [3.05, 3.63) is 76.9 Å². The maximum Gasteiger partial charge on any atom is 0.356 e. The van der Waals surface area contributed by atoms with Crippen molar-refractivity contribution in [3.63, 3.8) is 0 Å². The Hall–Kier alpha value is -5.41. The summed E-state index contributed by atoms with van der Waals surface area (Å²) in [6.07, 6.45) is 0. The molecule has 0 aliphatic rings. The molecule has 81 heavy (non-hydrogen) atoms. The Labute approximate surface area is 486 Å². The van der Waals surface area contributed by atoms with Crippen LogP contribution in [0, 0.1) is 6.92 Å². The number of aromatic nitrogens is 2. The Balaban J connectivity index is -0.000000579. The Bertz CT molecular complexity index is 2130. The van der Waals surface area contributed by atoms with Crippen LogP contribution in [0.25, 0.3) is 0 Å². The minimum atomic E-state index is -3.85. The molecular weight excluding hydrogens is 1070 g/mol. The fourth-order valence-electron chi connectivity index (χ4n) is 6.63. The number of nitrogens with one attached hydrogen (secondary N) is 3. The second-order valence-electron chi connectivity index (χ2n) is 16.5. The van der Waals surface area contributed by atoms with E-state index in [9.17, 15) is 27.6 Å². The molecule has 0 bridgehead atoms. The van der Waals surface area contributed by atoms with Gasteiger partial charge in [-0.15, -0.1) is 0 Å². The van der Waals surface area contributed by atoms with Gasteiger partial charge in [-0.05, 0) is 58.3 Å². The van der Waals surface area contributed by atoms with Crippen molar-refractivity contribution >= 4 is 34.0 Å². The third-order valence-corrected chi connectivity index (χ3v) is 12.5. The van der Waals surface area contributed by atoms with E-state index < -0.39 is 34.0 Å². The smallest absolute Gasteiger partial charge is 0.356 e. The Morgan fingerprint density at radius 2 is 0.778 bits per heavy atom. The number of carbonyl (C=O) groups is 4. The number of pyridine rings is 2. The van der Waals surface area contributed by atoms with Crippen LogP contribution in [0.3, 0.4) is 0 Å². The molecule has 0 unspecified atom stereocenters. The van der Waals surface area contributed by atoms with Crippen LogP contribution in [0.15, 0.2) is 53.4 Å². The lowest BCUT2D eigenvalue weighted by molar-refractivity contribution is 0.0566. The molecule has 0 aliphatic carbocycles. The summed E-state index contributed by atoms with van der Waals surface area (Å²) in [6.45, 7) is 31.9. The van der Waals surface area contributed by atoms with E-state index in [1.807, 2.05) is 6.92 Å². The molecule has 468 valence electrons. The van der Waals surface area contributed by atoms with Crippen molar-refractivity contribution in [2.45, 2.75) is 83.1 Å². The van der Waals surface area contributed by atoms with Crippen molar-refractivity contribution < 1.29 is 69.7 Å². The maximum atomic E-state index is 12.1. The van der Waals surface area contributed by atoms with E-state index in [-0.39, 0.29) is 96.2 Å². The van der Waals surface area contributed by atoms with Crippen LogP contribution < -0.4 is 25.4 Å². The van der Waals surface area contributed by atoms with Crippen LogP contribution in [0.5, 0.6) is 11.5 Å². The van der Waals surface area contributed by atoms with Gasteiger partial charge in [0, 0.05) is 83.2 Å². The monoisotopic (exact) mass is 1170 g/mol. The van der Waals surface area contributed by atoms with E-state index in [0.29, 0.717) is 19.0 Å². The predicted molar refractivity (Wildman–Crippen MR) is 320 cm³/mol. The average Bonchev–Trinajstić information content (AvgIpc) is 3.44. The zero-order chi connectivity index (χ0) is 57.3. The van der Waals surface area contributed by atoms with Gasteiger partial charge in [0.2, 0.25) is 0 Å². The van der Waals surface area contributed by atoms with Crippen LogP contribution >= 0.6 is 0 Å². The molecule has 0 amide bonds. The number of rotatable bonds is 38. The topological polar surface area (TPSA) is 257 Å². The minimum absolute atomic E-state index is 0.